The highest BCUT2D eigenvalue weighted by Crippen LogP contribution is 2.25. The number of carbonyl (C=O) groups is 3. The number of nitrogens with one attached hydrogen (secondary N) is 1. The van der Waals surface area contributed by atoms with Gasteiger partial charge in [-0.3, -0.25) is 14.5 Å². The first kappa shape index (κ1) is 27.1. The smallest absolute Gasteiger partial charge is 0.331 e. The van der Waals surface area contributed by atoms with E-state index in [1.165, 1.54) is 6.92 Å². The third-order valence-electron chi connectivity index (χ3n) is 6.15. The predicted molar refractivity (Wildman–Crippen MR) is 124 cm³/mol. The molecule has 7 nitrogen and oxygen atoms in total. The van der Waals surface area contributed by atoms with Gasteiger partial charge in [-0.25, -0.2) is 4.79 Å². The van der Waals surface area contributed by atoms with Crippen molar-refractivity contribution in [2.24, 2.45) is 11.3 Å². The van der Waals surface area contributed by atoms with Gasteiger partial charge >= 0.3 is 5.97 Å². The van der Waals surface area contributed by atoms with Crippen LogP contribution < -0.4 is 5.32 Å². The molecule has 0 unspecified atom stereocenters. The summed E-state index contributed by atoms with van der Waals surface area (Å²) in [7, 11) is 1.69. The van der Waals surface area contributed by atoms with Gasteiger partial charge in [-0.1, -0.05) is 47.1 Å². The topological polar surface area (TPSA) is 90.0 Å². The third-order valence-corrected chi connectivity index (χ3v) is 6.15. The maximum absolute atomic E-state index is 13.5. The van der Waals surface area contributed by atoms with Crippen LogP contribution in [0.15, 0.2) is 11.6 Å². The van der Waals surface area contributed by atoms with E-state index in [9.17, 15) is 19.5 Å². The van der Waals surface area contributed by atoms with E-state index in [2.05, 4.69) is 24.1 Å². The average Bonchev–Trinajstić information content (AvgIpc) is 2.67. The maximum Gasteiger partial charge on any atom is 0.331 e. The number of rotatable bonds is 8. The number of amides is 2. The van der Waals surface area contributed by atoms with Crippen molar-refractivity contribution in [3.05, 3.63) is 11.6 Å². The molecule has 3 atom stereocenters. The first-order valence-corrected chi connectivity index (χ1v) is 11.4. The third kappa shape index (κ3) is 7.34. The molecule has 1 saturated heterocycles. The molecule has 0 radical (unpaired) electrons. The van der Waals surface area contributed by atoms with Gasteiger partial charge in [0.25, 0.3) is 0 Å². The number of nitrogens with zero attached hydrogens (tertiary/aromatic N) is 2. The average molecular weight is 438 g/mol. The number of likely N-dealkylation sites (tertiary alicyclic amines) is 1. The summed E-state index contributed by atoms with van der Waals surface area (Å²) in [5, 5.41) is 12.3. The van der Waals surface area contributed by atoms with Crippen molar-refractivity contribution in [3.63, 3.8) is 0 Å². The monoisotopic (exact) mass is 437 g/mol. The summed E-state index contributed by atoms with van der Waals surface area (Å²) in [6.45, 7) is 16.3. The van der Waals surface area contributed by atoms with Crippen LogP contribution in [0, 0.1) is 11.3 Å². The summed E-state index contributed by atoms with van der Waals surface area (Å²) in [5.41, 5.74) is -0.296. The predicted octanol–water partition coefficient (Wildman–Crippen LogP) is 3.29. The quantitative estimate of drug-likeness (QED) is 0.569. The van der Waals surface area contributed by atoms with Crippen LogP contribution >= 0.6 is 0 Å². The first-order valence-electron chi connectivity index (χ1n) is 11.4. The van der Waals surface area contributed by atoms with E-state index in [0.717, 1.165) is 25.8 Å². The normalized spacial score (nSPS) is 20.5. The molecule has 0 bridgehead atoms. The van der Waals surface area contributed by atoms with Crippen molar-refractivity contribution in [1.82, 2.24) is 15.1 Å². The Kier molecular flexibility index (Phi) is 9.73. The fourth-order valence-electron chi connectivity index (χ4n) is 4.17. The van der Waals surface area contributed by atoms with Gasteiger partial charge in [0, 0.05) is 18.7 Å². The molecule has 2 amide bonds. The molecule has 0 spiro atoms. The van der Waals surface area contributed by atoms with Crippen molar-refractivity contribution in [2.75, 3.05) is 13.6 Å². The SMILES string of the molecule is CC(=C[C@@H](C(C)C)N(C)C(=O)[C@H](NC(=O)[C@@H]1CCCCN1C(C)C)C(C)(C)C)C(=O)O. The number of carboxylic acids is 1. The second-order valence-corrected chi connectivity index (χ2v) is 10.5. The van der Waals surface area contributed by atoms with E-state index in [-0.39, 0.29) is 41.4 Å². The lowest BCUT2D eigenvalue weighted by molar-refractivity contribution is -0.142. The van der Waals surface area contributed by atoms with Gasteiger partial charge in [0.05, 0.1) is 12.1 Å². The van der Waals surface area contributed by atoms with E-state index < -0.39 is 17.4 Å². The Labute approximate surface area is 188 Å². The van der Waals surface area contributed by atoms with E-state index in [1.54, 1.807) is 18.0 Å². The van der Waals surface area contributed by atoms with Crippen LogP contribution in [0.25, 0.3) is 0 Å². The van der Waals surface area contributed by atoms with Crippen molar-refractivity contribution in [3.8, 4) is 0 Å². The number of carboxylic acid groups (broad SMARTS) is 1. The molecule has 1 aliphatic heterocycles. The highest BCUT2D eigenvalue weighted by Gasteiger charge is 2.39. The zero-order valence-electron chi connectivity index (χ0n) is 20.9. The summed E-state index contributed by atoms with van der Waals surface area (Å²) in [6, 6.07) is -1.06. The van der Waals surface area contributed by atoms with Crippen LogP contribution in [0.2, 0.25) is 0 Å². The van der Waals surface area contributed by atoms with Gasteiger partial charge in [0.1, 0.15) is 6.04 Å². The minimum atomic E-state index is -1.00. The molecule has 1 aliphatic rings. The zero-order chi connectivity index (χ0) is 24.1. The molecule has 31 heavy (non-hydrogen) atoms. The molecule has 2 N–H and O–H groups in total. The molecular formula is C24H43N3O4. The standard InChI is InChI=1S/C24H43N3O4/c1-15(2)19(14-17(5)23(30)31)26(9)22(29)20(24(6,7)8)25-21(28)18-12-10-11-13-27(18)16(3)4/h14-16,18-20H,10-13H2,1-9H3,(H,25,28)(H,30,31)/t18-,19-,20-/m0/s1. The van der Waals surface area contributed by atoms with Gasteiger partial charge in [0.2, 0.25) is 11.8 Å². The minimum Gasteiger partial charge on any atom is -0.478 e. The molecule has 0 aromatic rings. The number of likely N-dealkylation sites (N-methyl/N-ethyl adjacent to an activating group) is 1. The van der Waals surface area contributed by atoms with Crippen molar-refractivity contribution < 1.29 is 19.5 Å². The zero-order valence-corrected chi connectivity index (χ0v) is 20.9. The van der Waals surface area contributed by atoms with Gasteiger partial charge in [0.15, 0.2) is 0 Å². The Balaban J connectivity index is 3.15. The molecule has 7 heteroatoms. The Morgan fingerprint density at radius 2 is 1.71 bits per heavy atom. The summed E-state index contributed by atoms with van der Waals surface area (Å²) in [4.78, 5) is 41.9. The van der Waals surface area contributed by atoms with E-state index >= 15 is 0 Å². The molecule has 1 heterocycles. The summed E-state index contributed by atoms with van der Waals surface area (Å²) in [6.07, 6.45) is 4.50. The van der Waals surface area contributed by atoms with E-state index in [4.69, 9.17) is 0 Å². The van der Waals surface area contributed by atoms with Gasteiger partial charge in [-0.15, -0.1) is 0 Å². The molecule has 178 valence electrons. The molecule has 1 fully saturated rings. The van der Waals surface area contributed by atoms with Crippen molar-refractivity contribution >= 4 is 17.8 Å². The van der Waals surface area contributed by atoms with Gasteiger partial charge in [-0.2, -0.15) is 0 Å². The number of hydrogen-bond donors (Lipinski definition) is 2. The second kappa shape index (κ2) is 11.1. The highest BCUT2D eigenvalue weighted by atomic mass is 16.4. The highest BCUT2D eigenvalue weighted by molar-refractivity contribution is 5.91. The summed E-state index contributed by atoms with van der Waals surface area (Å²) in [5.74, 6) is -1.29. The van der Waals surface area contributed by atoms with Crippen LogP contribution in [0.3, 0.4) is 0 Å². The van der Waals surface area contributed by atoms with E-state index in [1.807, 2.05) is 34.6 Å². The fraction of sp³-hybridized carbons (Fsp3) is 0.792. The number of piperidine rings is 1. The van der Waals surface area contributed by atoms with Crippen molar-refractivity contribution in [1.29, 1.82) is 0 Å². The molecule has 0 saturated carbocycles. The van der Waals surface area contributed by atoms with Crippen LogP contribution in [0.5, 0.6) is 0 Å². The molecule has 0 aromatic carbocycles. The Morgan fingerprint density at radius 3 is 2.16 bits per heavy atom. The second-order valence-electron chi connectivity index (χ2n) is 10.5. The van der Waals surface area contributed by atoms with Crippen molar-refractivity contribution in [2.45, 2.75) is 98.8 Å². The molecule has 0 aliphatic carbocycles. The number of carbonyl (C=O) groups excluding carboxylic acids is 2. The Hall–Kier alpha value is -1.89. The van der Waals surface area contributed by atoms with Crippen LogP contribution in [-0.2, 0) is 14.4 Å². The molecular weight excluding hydrogens is 394 g/mol. The lowest BCUT2D eigenvalue weighted by Crippen LogP contribution is -2.60. The van der Waals surface area contributed by atoms with Gasteiger partial charge in [-0.05, 0) is 51.5 Å². The van der Waals surface area contributed by atoms with Crippen LogP contribution in [-0.4, -0.2) is 70.4 Å². The largest absolute Gasteiger partial charge is 0.478 e. The first-order chi connectivity index (χ1) is 14.2. The maximum atomic E-state index is 13.5. The molecule has 1 rings (SSSR count). The summed E-state index contributed by atoms with van der Waals surface area (Å²) >= 11 is 0. The lowest BCUT2D eigenvalue weighted by Gasteiger charge is -2.41. The van der Waals surface area contributed by atoms with E-state index in [0.29, 0.717) is 0 Å². The summed E-state index contributed by atoms with van der Waals surface area (Å²) < 4.78 is 0. The fourth-order valence-corrected chi connectivity index (χ4v) is 4.17. The Bertz CT molecular complexity index is 679. The van der Waals surface area contributed by atoms with Crippen LogP contribution in [0.4, 0.5) is 0 Å². The minimum absolute atomic E-state index is 0.0225. The number of aliphatic carboxylic acids is 1. The lowest BCUT2D eigenvalue weighted by atomic mass is 9.84. The molecule has 0 aromatic heterocycles. The van der Waals surface area contributed by atoms with Crippen LogP contribution in [0.1, 0.15) is 74.7 Å². The van der Waals surface area contributed by atoms with Gasteiger partial charge < -0.3 is 15.3 Å². The number of hydrogen-bond acceptors (Lipinski definition) is 4. The Morgan fingerprint density at radius 1 is 1.13 bits per heavy atom.